The molecule has 0 spiro atoms. The number of rotatable bonds is 5. The van der Waals surface area contributed by atoms with Crippen molar-refractivity contribution in [3.8, 4) is 6.07 Å². The lowest BCUT2D eigenvalue weighted by molar-refractivity contribution is 0.252. The van der Waals surface area contributed by atoms with Crippen molar-refractivity contribution in [3.05, 3.63) is 57.8 Å². The Balaban J connectivity index is 1.82. The van der Waals surface area contributed by atoms with Gasteiger partial charge >= 0.3 is 6.03 Å². The quantitative estimate of drug-likeness (QED) is 0.692. The number of carbonyl (C=O) groups is 1. The van der Waals surface area contributed by atoms with Gasteiger partial charge in [0.1, 0.15) is 17.4 Å². The van der Waals surface area contributed by atoms with Gasteiger partial charge in [0.25, 0.3) is 0 Å². The van der Waals surface area contributed by atoms with E-state index in [1.54, 1.807) is 24.3 Å². The van der Waals surface area contributed by atoms with Gasteiger partial charge in [0.2, 0.25) is 0 Å². The maximum Gasteiger partial charge on any atom is 0.319 e. The van der Waals surface area contributed by atoms with Gasteiger partial charge < -0.3 is 16.0 Å². The number of nitriles is 1. The summed E-state index contributed by atoms with van der Waals surface area (Å²) in [6.07, 6.45) is 0. The van der Waals surface area contributed by atoms with Crippen molar-refractivity contribution in [2.45, 2.75) is 0 Å². The smallest absolute Gasteiger partial charge is 0.319 e. The molecule has 0 fully saturated rings. The van der Waals surface area contributed by atoms with Crippen LogP contribution >= 0.6 is 23.2 Å². The molecule has 24 heavy (non-hydrogen) atoms. The molecule has 0 aromatic heterocycles. The van der Waals surface area contributed by atoms with E-state index >= 15 is 0 Å². The second-order valence-electron chi connectivity index (χ2n) is 4.71. The molecular weight excluding hydrogens is 354 g/mol. The fourth-order valence-corrected chi connectivity index (χ4v) is 2.25. The van der Waals surface area contributed by atoms with Gasteiger partial charge in [-0.2, -0.15) is 5.26 Å². The standard InChI is InChI=1S/C16H13Cl2FN4O/c17-10-4-5-12(18)15(8-10)23-16(24)22-7-6-21-14-3-1-2-13(19)11(14)9-20/h1-5,8,21H,6-7H2,(H2,22,23,24). The zero-order valence-electron chi connectivity index (χ0n) is 12.4. The van der Waals surface area contributed by atoms with E-state index in [0.717, 1.165) is 0 Å². The second-order valence-corrected chi connectivity index (χ2v) is 5.55. The molecule has 5 nitrogen and oxygen atoms in total. The Hall–Kier alpha value is -2.49. The Bertz CT molecular complexity index is 792. The highest BCUT2D eigenvalue weighted by Gasteiger charge is 2.08. The molecule has 2 amide bonds. The molecule has 0 bridgehead atoms. The molecule has 0 saturated heterocycles. The van der Waals surface area contributed by atoms with Crippen LogP contribution in [0, 0.1) is 17.1 Å². The molecule has 0 heterocycles. The number of hydrogen-bond acceptors (Lipinski definition) is 3. The molecule has 0 saturated carbocycles. The predicted molar refractivity (Wildman–Crippen MR) is 93.1 cm³/mol. The van der Waals surface area contributed by atoms with Crippen LogP contribution in [-0.4, -0.2) is 19.1 Å². The lowest BCUT2D eigenvalue weighted by atomic mass is 10.2. The zero-order chi connectivity index (χ0) is 17.5. The lowest BCUT2D eigenvalue weighted by Crippen LogP contribution is -2.32. The van der Waals surface area contributed by atoms with Gasteiger partial charge in [-0.05, 0) is 30.3 Å². The number of nitrogens with one attached hydrogen (secondary N) is 3. The molecule has 3 N–H and O–H groups in total. The van der Waals surface area contributed by atoms with E-state index in [0.29, 0.717) is 28.0 Å². The minimum Gasteiger partial charge on any atom is -0.382 e. The van der Waals surface area contributed by atoms with E-state index in [4.69, 9.17) is 28.5 Å². The first-order chi connectivity index (χ1) is 11.5. The predicted octanol–water partition coefficient (Wildman–Crippen LogP) is 4.24. The number of carbonyl (C=O) groups excluding carboxylic acids is 1. The number of hydrogen-bond donors (Lipinski definition) is 3. The summed E-state index contributed by atoms with van der Waals surface area (Å²) in [5.41, 5.74) is 0.705. The molecule has 0 atom stereocenters. The summed E-state index contributed by atoms with van der Waals surface area (Å²) in [6.45, 7) is 0.570. The molecule has 0 aliphatic rings. The summed E-state index contributed by atoms with van der Waals surface area (Å²) in [7, 11) is 0. The van der Waals surface area contributed by atoms with Crippen LogP contribution in [0.4, 0.5) is 20.6 Å². The molecule has 0 unspecified atom stereocenters. The second kappa shape index (κ2) is 8.39. The Labute approximate surface area is 148 Å². The van der Waals surface area contributed by atoms with Gasteiger partial charge in [0, 0.05) is 18.1 Å². The first-order valence-corrected chi connectivity index (χ1v) is 7.69. The topological polar surface area (TPSA) is 77.0 Å². The fraction of sp³-hybridized carbons (Fsp3) is 0.125. The summed E-state index contributed by atoms with van der Waals surface area (Å²) in [5, 5.41) is 17.8. The number of nitrogens with zero attached hydrogens (tertiary/aromatic N) is 1. The van der Waals surface area contributed by atoms with E-state index in [1.165, 1.54) is 18.2 Å². The summed E-state index contributed by atoms with van der Waals surface area (Å²) >= 11 is 11.8. The van der Waals surface area contributed by atoms with Gasteiger partial charge in [-0.25, -0.2) is 9.18 Å². The summed E-state index contributed by atoms with van der Waals surface area (Å²) in [5.74, 6) is -0.594. The van der Waals surface area contributed by atoms with Crippen molar-refractivity contribution >= 4 is 40.6 Å². The number of amides is 2. The minimum absolute atomic E-state index is 0.0624. The van der Waals surface area contributed by atoms with Gasteiger partial charge in [-0.1, -0.05) is 29.3 Å². The van der Waals surface area contributed by atoms with E-state index in [2.05, 4.69) is 16.0 Å². The van der Waals surface area contributed by atoms with Crippen LogP contribution < -0.4 is 16.0 Å². The Morgan fingerprint density at radius 3 is 2.71 bits per heavy atom. The number of benzene rings is 2. The number of halogens is 3. The van der Waals surface area contributed by atoms with Crippen LogP contribution in [0.5, 0.6) is 0 Å². The summed E-state index contributed by atoms with van der Waals surface area (Å²) in [6, 6.07) is 10.4. The third kappa shape index (κ3) is 4.75. The van der Waals surface area contributed by atoms with Crippen LogP contribution in [0.15, 0.2) is 36.4 Å². The molecule has 0 aliphatic carbocycles. The van der Waals surface area contributed by atoms with Crippen molar-refractivity contribution in [2.75, 3.05) is 23.7 Å². The zero-order valence-corrected chi connectivity index (χ0v) is 13.9. The molecule has 2 aromatic rings. The molecule has 2 rings (SSSR count). The van der Waals surface area contributed by atoms with E-state index in [1.807, 2.05) is 0 Å². The highest BCUT2D eigenvalue weighted by molar-refractivity contribution is 6.35. The monoisotopic (exact) mass is 366 g/mol. The Morgan fingerprint density at radius 2 is 1.96 bits per heavy atom. The van der Waals surface area contributed by atoms with Crippen LogP contribution in [0.3, 0.4) is 0 Å². The Morgan fingerprint density at radius 1 is 1.17 bits per heavy atom. The van der Waals surface area contributed by atoms with E-state index < -0.39 is 11.8 Å². The normalized spacial score (nSPS) is 9.92. The van der Waals surface area contributed by atoms with Crippen LogP contribution in [-0.2, 0) is 0 Å². The van der Waals surface area contributed by atoms with E-state index in [9.17, 15) is 9.18 Å². The fourth-order valence-electron chi connectivity index (χ4n) is 1.92. The van der Waals surface area contributed by atoms with Gasteiger partial charge in [-0.3, -0.25) is 0 Å². The third-order valence-corrected chi connectivity index (χ3v) is 3.59. The van der Waals surface area contributed by atoms with Crippen LogP contribution in [0.25, 0.3) is 0 Å². The lowest BCUT2D eigenvalue weighted by Gasteiger charge is -2.11. The highest BCUT2D eigenvalue weighted by atomic mass is 35.5. The maximum absolute atomic E-state index is 13.4. The molecular formula is C16H13Cl2FN4O. The van der Waals surface area contributed by atoms with E-state index in [-0.39, 0.29) is 12.1 Å². The largest absolute Gasteiger partial charge is 0.382 e. The number of anilines is 2. The molecule has 8 heteroatoms. The van der Waals surface area contributed by atoms with Crippen molar-refractivity contribution in [3.63, 3.8) is 0 Å². The molecule has 0 radical (unpaired) electrons. The van der Waals surface area contributed by atoms with Crippen molar-refractivity contribution < 1.29 is 9.18 Å². The average Bonchev–Trinajstić information content (AvgIpc) is 2.55. The maximum atomic E-state index is 13.4. The van der Waals surface area contributed by atoms with Crippen LogP contribution in [0.1, 0.15) is 5.56 Å². The SMILES string of the molecule is N#Cc1c(F)cccc1NCCNC(=O)Nc1cc(Cl)ccc1Cl. The minimum atomic E-state index is -0.594. The molecule has 0 aliphatic heterocycles. The molecule has 124 valence electrons. The Kier molecular flexibility index (Phi) is 6.24. The van der Waals surface area contributed by atoms with Crippen LogP contribution in [0.2, 0.25) is 10.0 Å². The van der Waals surface area contributed by atoms with Crippen molar-refractivity contribution in [1.29, 1.82) is 5.26 Å². The molecule has 2 aromatic carbocycles. The highest BCUT2D eigenvalue weighted by Crippen LogP contribution is 2.25. The summed E-state index contributed by atoms with van der Waals surface area (Å²) in [4.78, 5) is 11.8. The first kappa shape index (κ1) is 17.9. The van der Waals surface area contributed by atoms with Gasteiger partial charge in [-0.15, -0.1) is 0 Å². The third-order valence-electron chi connectivity index (χ3n) is 3.03. The van der Waals surface area contributed by atoms with Crippen molar-refractivity contribution in [2.24, 2.45) is 0 Å². The van der Waals surface area contributed by atoms with Gasteiger partial charge in [0.15, 0.2) is 0 Å². The van der Waals surface area contributed by atoms with Gasteiger partial charge in [0.05, 0.1) is 16.4 Å². The first-order valence-electron chi connectivity index (χ1n) is 6.93. The van der Waals surface area contributed by atoms with Crippen molar-refractivity contribution in [1.82, 2.24) is 5.32 Å². The summed E-state index contributed by atoms with van der Waals surface area (Å²) < 4.78 is 13.4. The average molecular weight is 367 g/mol. The number of urea groups is 1.